The number of nitrogens with one attached hydrogen (secondary N) is 1. The number of carbonyl (C=O) groups is 1. The summed E-state index contributed by atoms with van der Waals surface area (Å²) >= 11 is 0. The van der Waals surface area contributed by atoms with Gasteiger partial charge in [-0.15, -0.1) is 0 Å². The predicted octanol–water partition coefficient (Wildman–Crippen LogP) is 2.99. The Labute approximate surface area is 168 Å². The number of pyridine rings is 1. The van der Waals surface area contributed by atoms with Crippen molar-refractivity contribution in [2.45, 2.75) is 63.5 Å². The molecule has 0 bridgehead atoms. The van der Waals surface area contributed by atoms with Crippen LogP contribution >= 0.6 is 0 Å². The van der Waals surface area contributed by atoms with Gasteiger partial charge in [0.1, 0.15) is 11.3 Å². The van der Waals surface area contributed by atoms with Gasteiger partial charge in [0.05, 0.1) is 17.4 Å². The van der Waals surface area contributed by atoms with Crippen LogP contribution in [0.5, 0.6) is 0 Å². The van der Waals surface area contributed by atoms with E-state index in [1.54, 1.807) is 10.7 Å². The molecule has 3 aromatic rings. The van der Waals surface area contributed by atoms with Crippen LogP contribution in [0.1, 0.15) is 72.4 Å². The SMILES string of the molecule is Cc1nc2ccccn2c1C(=O)NC1CCC(n2nc(C3CC3)ccc2=O)CC1. The first kappa shape index (κ1) is 18.1. The summed E-state index contributed by atoms with van der Waals surface area (Å²) in [7, 11) is 0. The molecule has 29 heavy (non-hydrogen) atoms. The molecule has 2 fully saturated rings. The highest BCUT2D eigenvalue weighted by atomic mass is 16.2. The van der Waals surface area contributed by atoms with E-state index in [4.69, 9.17) is 0 Å². The topological polar surface area (TPSA) is 81.3 Å². The molecule has 150 valence electrons. The van der Waals surface area contributed by atoms with E-state index in [0.29, 0.717) is 11.6 Å². The van der Waals surface area contributed by atoms with Crippen LogP contribution in [0.25, 0.3) is 5.65 Å². The first-order valence-electron chi connectivity index (χ1n) is 10.4. The van der Waals surface area contributed by atoms with Gasteiger partial charge in [-0.05, 0) is 63.6 Å². The average molecular weight is 391 g/mol. The summed E-state index contributed by atoms with van der Waals surface area (Å²) in [5, 5.41) is 7.81. The Morgan fingerprint density at radius 3 is 2.62 bits per heavy atom. The van der Waals surface area contributed by atoms with Crippen LogP contribution in [0.2, 0.25) is 0 Å². The molecule has 3 heterocycles. The first-order valence-corrected chi connectivity index (χ1v) is 10.4. The summed E-state index contributed by atoms with van der Waals surface area (Å²) < 4.78 is 3.52. The second-order valence-corrected chi connectivity index (χ2v) is 8.27. The second kappa shape index (κ2) is 7.13. The van der Waals surface area contributed by atoms with E-state index in [1.165, 1.54) is 12.8 Å². The van der Waals surface area contributed by atoms with E-state index in [0.717, 1.165) is 42.7 Å². The molecule has 5 rings (SSSR count). The molecule has 0 unspecified atom stereocenters. The van der Waals surface area contributed by atoms with Gasteiger partial charge < -0.3 is 5.32 Å². The number of nitrogens with zero attached hydrogens (tertiary/aromatic N) is 4. The third kappa shape index (κ3) is 3.45. The Bertz CT molecular complexity index is 1120. The Kier molecular flexibility index (Phi) is 4.45. The summed E-state index contributed by atoms with van der Waals surface area (Å²) in [6, 6.07) is 9.47. The minimum absolute atomic E-state index is 0.0248. The van der Waals surface area contributed by atoms with Crippen molar-refractivity contribution in [3.63, 3.8) is 0 Å². The lowest BCUT2D eigenvalue weighted by Gasteiger charge is -2.29. The molecule has 2 aliphatic rings. The zero-order chi connectivity index (χ0) is 20.0. The zero-order valence-electron chi connectivity index (χ0n) is 16.5. The van der Waals surface area contributed by atoms with Crippen LogP contribution in [-0.4, -0.2) is 31.1 Å². The van der Waals surface area contributed by atoms with Crippen molar-refractivity contribution in [2.75, 3.05) is 0 Å². The van der Waals surface area contributed by atoms with Crippen molar-refractivity contribution < 1.29 is 4.79 Å². The number of hydrogen-bond donors (Lipinski definition) is 1. The van der Waals surface area contributed by atoms with Gasteiger partial charge in [0.25, 0.3) is 11.5 Å². The molecule has 0 atom stereocenters. The lowest BCUT2D eigenvalue weighted by atomic mass is 9.91. The summed E-state index contributed by atoms with van der Waals surface area (Å²) in [4.78, 5) is 29.7. The number of amides is 1. The largest absolute Gasteiger partial charge is 0.348 e. The predicted molar refractivity (Wildman–Crippen MR) is 109 cm³/mol. The molecule has 0 radical (unpaired) electrons. The van der Waals surface area contributed by atoms with Gasteiger partial charge in [-0.25, -0.2) is 9.67 Å². The van der Waals surface area contributed by atoms with Gasteiger partial charge >= 0.3 is 0 Å². The van der Waals surface area contributed by atoms with Crippen LogP contribution in [0, 0.1) is 6.92 Å². The standard InChI is InChI=1S/C22H25N5O2/c1-14-21(26-13-3-2-4-19(26)23-14)22(29)24-16-7-9-17(10-8-16)27-20(28)12-11-18(25-27)15-5-6-15/h2-4,11-13,15-17H,5-10H2,1H3,(H,24,29). The van der Waals surface area contributed by atoms with Gasteiger partial charge in [-0.3, -0.25) is 14.0 Å². The normalized spacial score (nSPS) is 22.0. The van der Waals surface area contributed by atoms with Crippen molar-refractivity contribution in [3.05, 3.63) is 64.0 Å². The van der Waals surface area contributed by atoms with Crippen molar-refractivity contribution in [1.82, 2.24) is 24.5 Å². The quantitative estimate of drug-likeness (QED) is 0.741. The van der Waals surface area contributed by atoms with E-state index in [9.17, 15) is 9.59 Å². The molecule has 0 aliphatic heterocycles. The van der Waals surface area contributed by atoms with Crippen LogP contribution in [0.3, 0.4) is 0 Å². The summed E-state index contributed by atoms with van der Waals surface area (Å²) in [5.41, 5.74) is 3.12. The van der Waals surface area contributed by atoms with Gasteiger partial charge in [-0.1, -0.05) is 6.07 Å². The highest BCUT2D eigenvalue weighted by Gasteiger charge is 2.29. The zero-order valence-corrected chi connectivity index (χ0v) is 16.5. The minimum Gasteiger partial charge on any atom is -0.348 e. The van der Waals surface area contributed by atoms with Gasteiger partial charge in [0.15, 0.2) is 0 Å². The van der Waals surface area contributed by atoms with Crippen LogP contribution in [0.4, 0.5) is 0 Å². The highest BCUT2D eigenvalue weighted by molar-refractivity contribution is 5.94. The molecule has 7 heteroatoms. The number of carbonyl (C=O) groups excluding carboxylic acids is 1. The molecule has 0 saturated heterocycles. The number of aromatic nitrogens is 4. The minimum atomic E-state index is -0.0873. The van der Waals surface area contributed by atoms with Crippen LogP contribution in [0.15, 0.2) is 41.3 Å². The number of imidazole rings is 1. The fourth-order valence-electron chi connectivity index (χ4n) is 4.40. The molecule has 1 amide bonds. The van der Waals surface area contributed by atoms with Crippen molar-refractivity contribution in [1.29, 1.82) is 0 Å². The van der Waals surface area contributed by atoms with Gasteiger partial charge in [0.2, 0.25) is 0 Å². The fraction of sp³-hybridized carbons (Fsp3) is 0.455. The van der Waals surface area contributed by atoms with E-state index >= 15 is 0 Å². The first-order chi connectivity index (χ1) is 14.1. The fourth-order valence-corrected chi connectivity index (χ4v) is 4.40. The second-order valence-electron chi connectivity index (χ2n) is 8.27. The summed E-state index contributed by atoms with van der Waals surface area (Å²) in [6.45, 7) is 1.86. The number of fused-ring (bicyclic) bond motifs is 1. The molecule has 0 spiro atoms. The van der Waals surface area contributed by atoms with Crippen molar-refractivity contribution in [3.8, 4) is 0 Å². The Hall–Kier alpha value is -2.96. The maximum absolute atomic E-state index is 12.9. The maximum Gasteiger partial charge on any atom is 0.270 e. The molecule has 1 N–H and O–H groups in total. The Balaban J connectivity index is 1.26. The summed E-state index contributed by atoms with van der Waals surface area (Å²) in [6.07, 6.45) is 7.59. The van der Waals surface area contributed by atoms with Crippen LogP contribution < -0.4 is 10.9 Å². The van der Waals surface area contributed by atoms with E-state index < -0.39 is 0 Å². The van der Waals surface area contributed by atoms with Crippen LogP contribution in [-0.2, 0) is 0 Å². The Morgan fingerprint density at radius 1 is 1.07 bits per heavy atom. The van der Waals surface area contributed by atoms with Gasteiger partial charge in [0, 0.05) is 24.2 Å². The Morgan fingerprint density at radius 2 is 1.86 bits per heavy atom. The lowest BCUT2D eigenvalue weighted by molar-refractivity contribution is 0.0914. The maximum atomic E-state index is 12.9. The molecular weight excluding hydrogens is 366 g/mol. The van der Waals surface area contributed by atoms with Crippen molar-refractivity contribution >= 4 is 11.6 Å². The monoisotopic (exact) mass is 391 g/mol. The molecule has 7 nitrogen and oxygen atoms in total. The van der Waals surface area contributed by atoms with Crippen molar-refractivity contribution in [2.24, 2.45) is 0 Å². The third-order valence-corrected chi connectivity index (χ3v) is 6.14. The van der Waals surface area contributed by atoms with Gasteiger partial charge in [-0.2, -0.15) is 5.10 Å². The number of rotatable bonds is 4. The molecule has 2 aliphatic carbocycles. The third-order valence-electron chi connectivity index (χ3n) is 6.14. The molecule has 0 aromatic carbocycles. The number of aryl methyl sites for hydroxylation is 1. The highest BCUT2D eigenvalue weighted by Crippen LogP contribution is 2.38. The smallest absolute Gasteiger partial charge is 0.270 e. The molecular formula is C22H25N5O2. The van der Waals surface area contributed by atoms with E-state index in [-0.39, 0.29) is 23.6 Å². The summed E-state index contributed by atoms with van der Waals surface area (Å²) in [5.74, 6) is 0.446. The molecule has 3 aromatic heterocycles. The molecule has 2 saturated carbocycles. The van der Waals surface area contributed by atoms with E-state index in [1.807, 2.05) is 41.8 Å². The number of hydrogen-bond acceptors (Lipinski definition) is 4. The average Bonchev–Trinajstić information content (AvgIpc) is 3.51. The lowest BCUT2D eigenvalue weighted by Crippen LogP contribution is -2.40. The van der Waals surface area contributed by atoms with E-state index in [2.05, 4.69) is 15.4 Å².